The third kappa shape index (κ3) is 4.35. The van der Waals surface area contributed by atoms with Crippen molar-refractivity contribution in [1.29, 1.82) is 0 Å². The molecule has 3 aliphatic rings. The SMILES string of the molecule is C=CCOCC1CN2CCO[Si](OCC)(OCC2)O1. The monoisotopic (exact) mass is 289 g/mol. The summed E-state index contributed by atoms with van der Waals surface area (Å²) < 4.78 is 28.7. The van der Waals surface area contributed by atoms with Crippen molar-refractivity contribution in [2.45, 2.75) is 13.0 Å². The fourth-order valence-electron chi connectivity index (χ4n) is 2.20. The average molecular weight is 289 g/mol. The van der Waals surface area contributed by atoms with Gasteiger partial charge in [0.2, 0.25) is 0 Å². The molecule has 0 aromatic heterocycles. The molecule has 3 heterocycles. The van der Waals surface area contributed by atoms with Gasteiger partial charge in [-0.05, 0) is 6.92 Å². The first kappa shape index (κ1) is 15.1. The molecule has 110 valence electrons. The van der Waals surface area contributed by atoms with Gasteiger partial charge in [0, 0.05) is 26.2 Å². The van der Waals surface area contributed by atoms with Crippen LogP contribution in [0.3, 0.4) is 0 Å². The summed E-state index contributed by atoms with van der Waals surface area (Å²) >= 11 is 0. The van der Waals surface area contributed by atoms with E-state index in [1.165, 1.54) is 0 Å². The van der Waals surface area contributed by atoms with Crippen LogP contribution in [-0.4, -0.2) is 72.7 Å². The Morgan fingerprint density at radius 2 is 2.11 bits per heavy atom. The van der Waals surface area contributed by atoms with E-state index in [-0.39, 0.29) is 6.10 Å². The molecule has 2 bridgehead atoms. The van der Waals surface area contributed by atoms with E-state index in [9.17, 15) is 0 Å². The van der Waals surface area contributed by atoms with Crippen LogP contribution in [0.1, 0.15) is 6.92 Å². The lowest BCUT2D eigenvalue weighted by atomic mass is 10.3. The van der Waals surface area contributed by atoms with E-state index < -0.39 is 9.05 Å². The Bertz CT molecular complexity index is 281. The number of nitrogens with zero attached hydrogens (tertiary/aromatic N) is 1. The molecule has 3 rings (SSSR count). The van der Waals surface area contributed by atoms with Gasteiger partial charge in [-0.2, -0.15) is 0 Å². The highest BCUT2D eigenvalue weighted by Crippen LogP contribution is 2.20. The highest BCUT2D eigenvalue weighted by Gasteiger charge is 2.50. The molecule has 0 amide bonds. The van der Waals surface area contributed by atoms with Gasteiger partial charge >= 0.3 is 9.05 Å². The van der Waals surface area contributed by atoms with E-state index in [4.69, 9.17) is 22.4 Å². The van der Waals surface area contributed by atoms with Gasteiger partial charge in [-0.3, -0.25) is 4.90 Å². The van der Waals surface area contributed by atoms with E-state index in [1.807, 2.05) is 6.92 Å². The van der Waals surface area contributed by atoms with Gasteiger partial charge in [0.15, 0.2) is 0 Å². The zero-order valence-electron chi connectivity index (χ0n) is 11.5. The third-order valence-electron chi connectivity index (χ3n) is 3.01. The zero-order valence-corrected chi connectivity index (χ0v) is 12.5. The van der Waals surface area contributed by atoms with Crippen molar-refractivity contribution in [3.05, 3.63) is 12.7 Å². The van der Waals surface area contributed by atoms with Crippen LogP contribution < -0.4 is 0 Å². The van der Waals surface area contributed by atoms with Crippen LogP contribution in [0.5, 0.6) is 0 Å². The average Bonchev–Trinajstić information content (AvgIpc) is 2.32. The summed E-state index contributed by atoms with van der Waals surface area (Å²) in [5.41, 5.74) is 0. The second kappa shape index (κ2) is 7.49. The van der Waals surface area contributed by atoms with Crippen molar-refractivity contribution in [2.75, 3.05) is 52.7 Å². The molecule has 3 fully saturated rings. The van der Waals surface area contributed by atoms with Crippen molar-refractivity contribution >= 4 is 9.05 Å². The number of hydrogen-bond acceptors (Lipinski definition) is 6. The van der Waals surface area contributed by atoms with Crippen molar-refractivity contribution in [2.24, 2.45) is 0 Å². The molecule has 6 nitrogen and oxygen atoms in total. The van der Waals surface area contributed by atoms with E-state index >= 15 is 0 Å². The molecule has 0 spiro atoms. The minimum atomic E-state index is -2.98. The lowest BCUT2D eigenvalue weighted by Gasteiger charge is -2.40. The molecule has 0 aliphatic carbocycles. The molecule has 3 saturated heterocycles. The topological polar surface area (TPSA) is 49.4 Å². The fraction of sp³-hybridized carbons (Fsp3) is 0.833. The van der Waals surface area contributed by atoms with Crippen molar-refractivity contribution in [3.8, 4) is 0 Å². The quantitative estimate of drug-likeness (QED) is 0.401. The van der Waals surface area contributed by atoms with Crippen LogP contribution in [0.2, 0.25) is 0 Å². The molecule has 1 atom stereocenters. The number of fused-ring (bicyclic) bond motifs is 6. The minimum absolute atomic E-state index is 0.0845. The highest BCUT2D eigenvalue weighted by atomic mass is 28.4. The largest absolute Gasteiger partial charge is 0.680 e. The maximum absolute atomic E-state index is 6.01. The molecule has 1 unspecified atom stereocenters. The Labute approximate surface area is 115 Å². The Hall–Kier alpha value is -0.283. The minimum Gasteiger partial charge on any atom is -0.375 e. The molecular weight excluding hydrogens is 266 g/mol. The Kier molecular flexibility index (Phi) is 5.95. The first-order chi connectivity index (χ1) is 9.28. The smallest absolute Gasteiger partial charge is 0.375 e. The Morgan fingerprint density at radius 1 is 1.37 bits per heavy atom. The summed E-state index contributed by atoms with van der Waals surface area (Å²) in [5.74, 6) is 0. The fourth-order valence-corrected chi connectivity index (χ4v) is 4.24. The standard InChI is InChI=1S/C12H23NO5Si/c1-3-7-14-11-12-10-13-5-8-16-19(18-12,15-4-2)17-9-6-13/h3,12H,1,4-11H2,2H3. The normalized spacial score (nSPS) is 35.4. The van der Waals surface area contributed by atoms with Crippen LogP contribution in [0.15, 0.2) is 12.7 Å². The van der Waals surface area contributed by atoms with Crippen molar-refractivity contribution in [3.63, 3.8) is 0 Å². The maximum Gasteiger partial charge on any atom is 0.680 e. The van der Waals surface area contributed by atoms with Gasteiger partial charge in [-0.25, -0.2) is 0 Å². The van der Waals surface area contributed by atoms with Gasteiger partial charge in [0.05, 0.1) is 32.5 Å². The summed E-state index contributed by atoms with van der Waals surface area (Å²) in [5, 5.41) is 0. The number of ether oxygens (including phenoxy) is 1. The first-order valence-corrected chi connectivity index (χ1v) is 8.42. The molecule has 3 aliphatic heterocycles. The van der Waals surface area contributed by atoms with Gasteiger partial charge in [0.1, 0.15) is 0 Å². The van der Waals surface area contributed by atoms with Crippen LogP contribution >= 0.6 is 0 Å². The maximum atomic E-state index is 6.01. The zero-order chi connectivity index (χ0) is 13.6. The summed E-state index contributed by atoms with van der Waals surface area (Å²) in [6.45, 7) is 10.9. The summed E-state index contributed by atoms with van der Waals surface area (Å²) in [6, 6.07) is 0. The predicted octanol–water partition coefficient (Wildman–Crippen LogP) is 0.409. The first-order valence-electron chi connectivity index (χ1n) is 6.78. The molecule has 0 aromatic rings. The second-order valence-corrected chi connectivity index (χ2v) is 6.60. The second-order valence-electron chi connectivity index (χ2n) is 4.50. The Balaban J connectivity index is 2.01. The van der Waals surface area contributed by atoms with Gasteiger partial charge in [0.25, 0.3) is 0 Å². The van der Waals surface area contributed by atoms with Gasteiger partial charge < -0.3 is 22.4 Å². The Morgan fingerprint density at radius 3 is 2.74 bits per heavy atom. The predicted molar refractivity (Wildman–Crippen MR) is 71.6 cm³/mol. The van der Waals surface area contributed by atoms with Crippen LogP contribution in [0.25, 0.3) is 0 Å². The van der Waals surface area contributed by atoms with Crippen LogP contribution in [-0.2, 0) is 22.4 Å². The molecule has 0 N–H and O–H groups in total. The number of rotatable bonds is 6. The molecule has 19 heavy (non-hydrogen) atoms. The summed E-state index contributed by atoms with van der Waals surface area (Å²) in [4.78, 5) is 2.27. The number of hydrogen-bond donors (Lipinski definition) is 0. The van der Waals surface area contributed by atoms with E-state index in [2.05, 4.69) is 11.5 Å². The van der Waals surface area contributed by atoms with Crippen LogP contribution in [0, 0.1) is 0 Å². The molecule has 0 saturated carbocycles. The summed E-state index contributed by atoms with van der Waals surface area (Å²) in [7, 11) is -2.98. The van der Waals surface area contributed by atoms with Gasteiger partial charge in [-0.15, -0.1) is 6.58 Å². The van der Waals surface area contributed by atoms with Crippen molar-refractivity contribution < 1.29 is 22.4 Å². The molecule has 7 heteroatoms. The van der Waals surface area contributed by atoms with Crippen LogP contribution in [0.4, 0.5) is 0 Å². The third-order valence-corrected chi connectivity index (χ3v) is 5.39. The van der Waals surface area contributed by atoms with E-state index in [1.54, 1.807) is 6.08 Å². The lowest BCUT2D eigenvalue weighted by Crippen LogP contribution is -2.60. The molecular formula is C12H23NO5Si. The van der Waals surface area contributed by atoms with Gasteiger partial charge in [-0.1, -0.05) is 6.08 Å². The van der Waals surface area contributed by atoms with E-state index in [0.29, 0.717) is 33.0 Å². The van der Waals surface area contributed by atoms with Crippen molar-refractivity contribution in [1.82, 2.24) is 4.90 Å². The summed E-state index contributed by atoms with van der Waals surface area (Å²) in [6.07, 6.45) is 1.64. The highest BCUT2D eigenvalue weighted by molar-refractivity contribution is 6.53. The van der Waals surface area contributed by atoms with E-state index in [0.717, 1.165) is 19.6 Å². The molecule has 0 aromatic carbocycles. The molecule has 0 radical (unpaired) electrons. The lowest BCUT2D eigenvalue weighted by molar-refractivity contribution is -0.111.